The van der Waals surface area contributed by atoms with Crippen molar-refractivity contribution in [2.24, 2.45) is 7.05 Å². The molecular formula is C16H22N8O. The van der Waals surface area contributed by atoms with E-state index in [-0.39, 0.29) is 6.61 Å². The second-order valence-electron chi connectivity index (χ2n) is 6.43. The minimum Gasteiger partial charge on any atom is -0.388 e. The van der Waals surface area contributed by atoms with Crippen molar-refractivity contribution in [1.29, 1.82) is 0 Å². The van der Waals surface area contributed by atoms with E-state index in [0.717, 1.165) is 55.2 Å². The fourth-order valence-electron chi connectivity index (χ4n) is 3.51. The molecule has 0 saturated carbocycles. The molecule has 0 radical (unpaired) electrons. The number of hydrogen-bond acceptors (Lipinski definition) is 7. The Labute approximate surface area is 145 Å². The number of anilines is 1. The monoisotopic (exact) mass is 342 g/mol. The molecule has 1 aliphatic heterocycles. The third kappa shape index (κ3) is 2.74. The summed E-state index contributed by atoms with van der Waals surface area (Å²) in [5.74, 6) is 1.93. The standard InChI is InChI=1S/C16H22N8O/c1-3-12-8-13(16-19-17-10-24(16)21-12)23-6-4-11(5-7-23)15-20-18-14(9-25)22(15)2/h8,10-11,25H,3-7,9H2,1-2H3. The number of aliphatic hydroxyl groups is 1. The van der Waals surface area contributed by atoms with Gasteiger partial charge in [0.15, 0.2) is 5.82 Å². The molecule has 4 heterocycles. The van der Waals surface area contributed by atoms with Gasteiger partial charge >= 0.3 is 0 Å². The number of aromatic nitrogens is 7. The lowest BCUT2D eigenvalue weighted by Gasteiger charge is -2.33. The molecule has 9 nitrogen and oxygen atoms in total. The fraction of sp³-hybridized carbons (Fsp3) is 0.562. The maximum Gasteiger partial charge on any atom is 0.200 e. The van der Waals surface area contributed by atoms with Crippen LogP contribution >= 0.6 is 0 Å². The van der Waals surface area contributed by atoms with Crippen molar-refractivity contribution in [3.05, 3.63) is 29.7 Å². The molecule has 4 rings (SSSR count). The van der Waals surface area contributed by atoms with Crippen LogP contribution in [-0.2, 0) is 20.1 Å². The summed E-state index contributed by atoms with van der Waals surface area (Å²) in [6, 6.07) is 2.12. The Balaban J connectivity index is 1.56. The molecule has 0 unspecified atom stereocenters. The summed E-state index contributed by atoms with van der Waals surface area (Å²) >= 11 is 0. The number of piperidine rings is 1. The van der Waals surface area contributed by atoms with Gasteiger partial charge in [-0.05, 0) is 25.3 Å². The molecule has 132 valence electrons. The number of aryl methyl sites for hydroxylation is 1. The molecule has 1 saturated heterocycles. The predicted molar refractivity (Wildman–Crippen MR) is 91.3 cm³/mol. The van der Waals surface area contributed by atoms with Gasteiger partial charge in [-0.2, -0.15) is 9.61 Å². The third-order valence-electron chi connectivity index (χ3n) is 5.00. The first kappa shape index (κ1) is 15.9. The van der Waals surface area contributed by atoms with Crippen molar-refractivity contribution >= 4 is 11.3 Å². The van der Waals surface area contributed by atoms with Crippen molar-refractivity contribution in [1.82, 2.24) is 34.6 Å². The molecular weight excluding hydrogens is 320 g/mol. The molecule has 0 atom stereocenters. The zero-order chi connectivity index (χ0) is 17.4. The molecule has 1 fully saturated rings. The third-order valence-corrected chi connectivity index (χ3v) is 5.00. The fourth-order valence-corrected chi connectivity index (χ4v) is 3.51. The lowest BCUT2D eigenvalue weighted by Crippen LogP contribution is -2.34. The average Bonchev–Trinajstić information content (AvgIpc) is 3.27. The second-order valence-corrected chi connectivity index (χ2v) is 6.43. The second kappa shape index (κ2) is 6.40. The van der Waals surface area contributed by atoms with Gasteiger partial charge in [0, 0.05) is 26.1 Å². The van der Waals surface area contributed by atoms with E-state index in [0.29, 0.717) is 11.7 Å². The van der Waals surface area contributed by atoms with Crippen molar-refractivity contribution < 1.29 is 5.11 Å². The van der Waals surface area contributed by atoms with Crippen LogP contribution < -0.4 is 4.90 Å². The number of fused-ring (bicyclic) bond motifs is 1. The zero-order valence-electron chi connectivity index (χ0n) is 14.5. The highest BCUT2D eigenvalue weighted by atomic mass is 16.3. The Hall–Kier alpha value is -2.55. The van der Waals surface area contributed by atoms with E-state index in [1.807, 2.05) is 11.6 Å². The lowest BCUT2D eigenvalue weighted by atomic mass is 9.95. The van der Waals surface area contributed by atoms with Crippen LogP contribution in [0.25, 0.3) is 5.65 Å². The SMILES string of the molecule is CCc1cc(N2CCC(c3nnc(CO)n3C)CC2)c2nncn2n1. The summed E-state index contributed by atoms with van der Waals surface area (Å²) in [6.45, 7) is 3.86. The molecule has 9 heteroatoms. The number of rotatable bonds is 4. The van der Waals surface area contributed by atoms with E-state index in [2.05, 4.69) is 43.4 Å². The van der Waals surface area contributed by atoms with Crippen LogP contribution in [0.1, 0.15) is 43.0 Å². The van der Waals surface area contributed by atoms with Crippen LogP contribution in [0.4, 0.5) is 5.69 Å². The predicted octanol–water partition coefficient (Wildman–Crippen LogP) is 0.691. The topological polar surface area (TPSA) is 97.3 Å². The highest BCUT2D eigenvalue weighted by Gasteiger charge is 2.26. The molecule has 0 amide bonds. The van der Waals surface area contributed by atoms with Gasteiger partial charge < -0.3 is 14.6 Å². The summed E-state index contributed by atoms with van der Waals surface area (Å²) in [6.07, 6.45) is 4.50. The number of aliphatic hydroxyl groups excluding tert-OH is 1. The Morgan fingerprint density at radius 1 is 1.20 bits per heavy atom. The Morgan fingerprint density at radius 2 is 2.00 bits per heavy atom. The first-order valence-electron chi connectivity index (χ1n) is 8.65. The summed E-state index contributed by atoms with van der Waals surface area (Å²) in [5, 5.41) is 30.4. The Morgan fingerprint density at radius 3 is 2.68 bits per heavy atom. The number of nitrogens with zero attached hydrogens (tertiary/aromatic N) is 8. The van der Waals surface area contributed by atoms with Crippen molar-refractivity contribution in [3.63, 3.8) is 0 Å². The van der Waals surface area contributed by atoms with Gasteiger partial charge in [-0.1, -0.05) is 6.92 Å². The molecule has 3 aromatic rings. The van der Waals surface area contributed by atoms with E-state index in [1.165, 1.54) is 0 Å². The minimum atomic E-state index is -0.0793. The summed E-state index contributed by atoms with van der Waals surface area (Å²) in [4.78, 5) is 2.35. The molecule has 3 aromatic heterocycles. The molecule has 0 aromatic carbocycles. The highest BCUT2D eigenvalue weighted by Crippen LogP contribution is 2.31. The van der Waals surface area contributed by atoms with Gasteiger partial charge in [-0.15, -0.1) is 20.4 Å². The molecule has 1 aliphatic rings. The van der Waals surface area contributed by atoms with Crippen molar-refractivity contribution in [2.45, 2.75) is 38.7 Å². The van der Waals surface area contributed by atoms with Gasteiger partial charge in [-0.3, -0.25) is 0 Å². The van der Waals surface area contributed by atoms with Gasteiger partial charge in [0.2, 0.25) is 5.65 Å². The molecule has 25 heavy (non-hydrogen) atoms. The maximum absolute atomic E-state index is 9.30. The van der Waals surface area contributed by atoms with E-state index in [4.69, 9.17) is 0 Å². The number of hydrogen-bond donors (Lipinski definition) is 1. The molecule has 1 N–H and O–H groups in total. The maximum atomic E-state index is 9.30. The first-order valence-corrected chi connectivity index (χ1v) is 8.65. The van der Waals surface area contributed by atoms with E-state index < -0.39 is 0 Å². The average molecular weight is 342 g/mol. The van der Waals surface area contributed by atoms with Crippen LogP contribution in [0.15, 0.2) is 12.4 Å². The Kier molecular flexibility index (Phi) is 4.08. The van der Waals surface area contributed by atoms with Crippen molar-refractivity contribution in [3.8, 4) is 0 Å². The quantitative estimate of drug-likeness (QED) is 0.745. The summed E-state index contributed by atoms with van der Waals surface area (Å²) in [7, 11) is 1.92. The van der Waals surface area contributed by atoms with Gasteiger partial charge in [0.05, 0.1) is 11.4 Å². The Bertz CT molecular complexity index is 878. The summed E-state index contributed by atoms with van der Waals surface area (Å²) < 4.78 is 3.68. The molecule has 0 bridgehead atoms. The first-order chi connectivity index (χ1) is 12.2. The van der Waals surface area contributed by atoms with Crippen LogP contribution in [-0.4, -0.2) is 52.8 Å². The largest absolute Gasteiger partial charge is 0.388 e. The van der Waals surface area contributed by atoms with Gasteiger partial charge in [-0.25, -0.2) is 0 Å². The van der Waals surface area contributed by atoms with E-state index in [1.54, 1.807) is 10.8 Å². The normalized spacial score (nSPS) is 16.0. The van der Waals surface area contributed by atoms with Crippen molar-refractivity contribution in [2.75, 3.05) is 18.0 Å². The lowest BCUT2D eigenvalue weighted by molar-refractivity contribution is 0.266. The van der Waals surface area contributed by atoms with Crippen LogP contribution in [0.5, 0.6) is 0 Å². The van der Waals surface area contributed by atoms with E-state index in [9.17, 15) is 5.11 Å². The summed E-state index contributed by atoms with van der Waals surface area (Å²) in [5.41, 5.74) is 2.93. The van der Waals surface area contributed by atoms with Gasteiger partial charge in [0.25, 0.3) is 0 Å². The zero-order valence-corrected chi connectivity index (χ0v) is 14.5. The smallest absolute Gasteiger partial charge is 0.200 e. The van der Waals surface area contributed by atoms with Gasteiger partial charge in [0.1, 0.15) is 18.8 Å². The van der Waals surface area contributed by atoms with E-state index >= 15 is 0 Å². The highest BCUT2D eigenvalue weighted by molar-refractivity contribution is 5.68. The van der Waals surface area contributed by atoms with Crippen LogP contribution in [0.2, 0.25) is 0 Å². The molecule has 0 spiro atoms. The van der Waals surface area contributed by atoms with Crippen LogP contribution in [0.3, 0.4) is 0 Å². The molecule has 0 aliphatic carbocycles. The minimum absolute atomic E-state index is 0.0793. The van der Waals surface area contributed by atoms with Crippen LogP contribution in [0, 0.1) is 0 Å².